The van der Waals surface area contributed by atoms with E-state index in [2.05, 4.69) is 5.32 Å². The average Bonchev–Trinajstić information content (AvgIpc) is 2.65. The summed E-state index contributed by atoms with van der Waals surface area (Å²) >= 11 is 0. The first kappa shape index (κ1) is 21.2. The van der Waals surface area contributed by atoms with E-state index in [4.69, 9.17) is 4.74 Å². The maximum Gasteiger partial charge on any atom is 0.271 e. The minimum absolute atomic E-state index is 0.0823. The first-order valence-electron chi connectivity index (χ1n) is 8.35. The van der Waals surface area contributed by atoms with Gasteiger partial charge >= 0.3 is 0 Å². The van der Waals surface area contributed by atoms with Crippen molar-refractivity contribution in [3.05, 3.63) is 58.1 Å². The number of carbonyl (C=O) groups is 1. The van der Waals surface area contributed by atoms with Gasteiger partial charge in [0.2, 0.25) is 15.9 Å². The topological polar surface area (TPSA) is 119 Å². The molecule has 2 aromatic carbocycles. The van der Waals surface area contributed by atoms with E-state index in [-0.39, 0.29) is 17.1 Å². The predicted octanol–water partition coefficient (Wildman–Crippen LogP) is 2.57. The molecule has 0 radical (unpaired) electrons. The van der Waals surface area contributed by atoms with Crippen LogP contribution in [0.1, 0.15) is 12.5 Å². The number of nitrogens with one attached hydrogen (secondary N) is 1. The Morgan fingerprint density at radius 2 is 1.93 bits per heavy atom. The van der Waals surface area contributed by atoms with E-state index in [1.54, 1.807) is 24.3 Å². The highest BCUT2D eigenvalue weighted by Crippen LogP contribution is 2.29. The molecule has 0 heterocycles. The van der Waals surface area contributed by atoms with Gasteiger partial charge in [-0.3, -0.25) is 19.2 Å². The van der Waals surface area contributed by atoms with E-state index >= 15 is 0 Å². The van der Waals surface area contributed by atoms with Crippen LogP contribution in [0.2, 0.25) is 0 Å². The fourth-order valence-electron chi connectivity index (χ4n) is 2.66. The zero-order valence-electron chi connectivity index (χ0n) is 15.7. The van der Waals surface area contributed by atoms with Gasteiger partial charge in [-0.25, -0.2) is 8.42 Å². The summed E-state index contributed by atoms with van der Waals surface area (Å²) in [6.45, 7) is 1.40. The van der Waals surface area contributed by atoms with Gasteiger partial charge in [0.05, 0.1) is 29.7 Å². The minimum Gasteiger partial charge on any atom is -0.495 e. The monoisotopic (exact) mass is 407 g/mol. The van der Waals surface area contributed by atoms with Gasteiger partial charge in [-0.2, -0.15) is 0 Å². The molecule has 0 aliphatic carbocycles. The number of amides is 1. The van der Waals surface area contributed by atoms with E-state index in [1.165, 1.54) is 19.2 Å². The van der Waals surface area contributed by atoms with Crippen LogP contribution in [0.4, 0.5) is 17.1 Å². The van der Waals surface area contributed by atoms with Gasteiger partial charge in [0.1, 0.15) is 12.3 Å². The highest BCUT2D eigenvalue weighted by Gasteiger charge is 2.23. The normalized spacial score (nSPS) is 11.0. The number of non-ortho nitro benzene ring substituents is 1. The van der Waals surface area contributed by atoms with Crippen molar-refractivity contribution in [2.75, 3.05) is 29.5 Å². The molecule has 0 aromatic heterocycles. The number of nitro benzene ring substituents is 1. The molecule has 0 fully saturated rings. The highest BCUT2D eigenvalue weighted by molar-refractivity contribution is 7.92. The van der Waals surface area contributed by atoms with Gasteiger partial charge in [0.15, 0.2) is 0 Å². The molecule has 0 unspecified atom stereocenters. The van der Waals surface area contributed by atoms with Crippen molar-refractivity contribution in [3.63, 3.8) is 0 Å². The number of nitro groups is 1. The van der Waals surface area contributed by atoms with Gasteiger partial charge in [-0.15, -0.1) is 0 Å². The number of benzene rings is 2. The van der Waals surface area contributed by atoms with Gasteiger partial charge < -0.3 is 10.1 Å². The maximum atomic E-state index is 12.5. The van der Waals surface area contributed by atoms with Crippen LogP contribution in [0.25, 0.3) is 0 Å². The Bertz CT molecular complexity index is 991. The number of methoxy groups -OCH3 is 1. The summed E-state index contributed by atoms with van der Waals surface area (Å²) in [6, 6.07) is 10.6. The van der Waals surface area contributed by atoms with Crippen LogP contribution in [0, 0.1) is 10.1 Å². The largest absolute Gasteiger partial charge is 0.495 e. The van der Waals surface area contributed by atoms with Crippen LogP contribution in [-0.2, 0) is 21.2 Å². The molecule has 28 heavy (non-hydrogen) atoms. The highest BCUT2D eigenvalue weighted by atomic mass is 32.2. The summed E-state index contributed by atoms with van der Waals surface area (Å²) in [5.41, 5.74) is 1.04. The first-order valence-corrected chi connectivity index (χ1v) is 10.2. The average molecular weight is 407 g/mol. The van der Waals surface area contributed by atoms with Crippen LogP contribution in [0.15, 0.2) is 42.5 Å². The zero-order valence-corrected chi connectivity index (χ0v) is 16.5. The number of anilines is 2. The van der Waals surface area contributed by atoms with Gasteiger partial charge in [0, 0.05) is 12.1 Å². The summed E-state index contributed by atoms with van der Waals surface area (Å²) in [7, 11) is -2.38. The number of ether oxygens (including phenoxy) is 1. The summed E-state index contributed by atoms with van der Waals surface area (Å²) < 4.78 is 30.7. The Morgan fingerprint density at radius 3 is 2.50 bits per heavy atom. The fourth-order valence-corrected chi connectivity index (χ4v) is 3.55. The number of sulfonamides is 1. The molecule has 2 aromatic rings. The number of carbonyl (C=O) groups excluding carboxylic acids is 1. The molecule has 1 N–H and O–H groups in total. The molecule has 10 heteroatoms. The lowest BCUT2D eigenvalue weighted by molar-refractivity contribution is -0.384. The second kappa shape index (κ2) is 8.70. The van der Waals surface area contributed by atoms with E-state index < -0.39 is 27.4 Å². The number of aryl methyl sites for hydroxylation is 1. The van der Waals surface area contributed by atoms with Crippen molar-refractivity contribution in [3.8, 4) is 5.75 Å². The van der Waals surface area contributed by atoms with E-state index in [1.807, 2.05) is 6.92 Å². The SMILES string of the molecule is CCc1ccccc1N(CC(=O)Nc1cc([N+](=O)[O-])ccc1OC)S(C)(=O)=O. The Morgan fingerprint density at radius 1 is 1.25 bits per heavy atom. The maximum absolute atomic E-state index is 12.5. The number of rotatable bonds is 8. The smallest absolute Gasteiger partial charge is 0.271 e. The molecule has 0 spiro atoms. The summed E-state index contributed by atoms with van der Waals surface area (Å²) in [6.07, 6.45) is 1.60. The Hall–Kier alpha value is -3.14. The molecule has 0 saturated heterocycles. The van der Waals surface area contributed by atoms with Crippen molar-refractivity contribution in [2.45, 2.75) is 13.3 Å². The summed E-state index contributed by atoms with van der Waals surface area (Å²) in [5, 5.41) is 13.5. The van der Waals surface area contributed by atoms with Crippen LogP contribution >= 0.6 is 0 Å². The third-order valence-electron chi connectivity index (χ3n) is 4.00. The zero-order chi connectivity index (χ0) is 20.9. The standard InChI is InChI=1S/C18H21N3O6S/c1-4-13-7-5-6-8-16(13)20(28(3,25)26)12-18(22)19-15-11-14(21(23)24)9-10-17(15)27-2/h5-11H,4,12H2,1-3H3,(H,19,22). The molecular weight excluding hydrogens is 386 g/mol. The molecule has 1 amide bonds. The van der Waals surface area contributed by atoms with Crippen LogP contribution in [0.5, 0.6) is 5.75 Å². The Labute approximate surface area is 163 Å². The second-order valence-electron chi connectivity index (χ2n) is 5.94. The lowest BCUT2D eigenvalue weighted by atomic mass is 10.1. The Kier molecular flexibility index (Phi) is 6.57. The number of para-hydroxylation sites is 1. The fraction of sp³-hybridized carbons (Fsp3) is 0.278. The van der Waals surface area contributed by atoms with Crippen molar-refractivity contribution in [1.29, 1.82) is 0 Å². The quantitative estimate of drug-likeness (QED) is 0.531. The predicted molar refractivity (Wildman–Crippen MR) is 106 cm³/mol. The van der Waals surface area contributed by atoms with E-state index in [0.717, 1.165) is 22.2 Å². The van der Waals surface area contributed by atoms with Crippen LogP contribution in [0.3, 0.4) is 0 Å². The number of hydrogen-bond donors (Lipinski definition) is 1. The van der Waals surface area contributed by atoms with Crippen LogP contribution in [-0.4, -0.2) is 39.2 Å². The third-order valence-corrected chi connectivity index (χ3v) is 5.12. The minimum atomic E-state index is -3.74. The van der Waals surface area contributed by atoms with Crippen molar-refractivity contribution < 1.29 is 22.9 Å². The lowest BCUT2D eigenvalue weighted by Crippen LogP contribution is -2.38. The van der Waals surface area contributed by atoms with Gasteiger partial charge in [-0.05, 0) is 24.1 Å². The molecule has 0 bridgehead atoms. The molecule has 0 aliphatic rings. The molecular formula is C18H21N3O6S. The molecule has 2 rings (SSSR count). The van der Waals surface area contributed by atoms with Gasteiger partial charge in [-0.1, -0.05) is 25.1 Å². The lowest BCUT2D eigenvalue weighted by Gasteiger charge is -2.24. The molecule has 150 valence electrons. The Balaban J connectivity index is 2.33. The van der Waals surface area contributed by atoms with E-state index in [0.29, 0.717) is 12.1 Å². The second-order valence-corrected chi connectivity index (χ2v) is 7.85. The van der Waals surface area contributed by atoms with Crippen molar-refractivity contribution >= 4 is 33.0 Å². The molecule has 0 aliphatic heterocycles. The summed E-state index contributed by atoms with van der Waals surface area (Å²) in [5.74, 6) is -0.436. The first-order chi connectivity index (χ1) is 13.2. The number of hydrogen-bond acceptors (Lipinski definition) is 6. The van der Waals surface area contributed by atoms with Gasteiger partial charge in [0.25, 0.3) is 5.69 Å². The summed E-state index contributed by atoms with van der Waals surface area (Å²) in [4.78, 5) is 22.9. The molecule has 0 atom stereocenters. The number of nitrogens with zero attached hydrogens (tertiary/aromatic N) is 2. The van der Waals surface area contributed by atoms with Crippen LogP contribution < -0.4 is 14.4 Å². The molecule has 9 nitrogen and oxygen atoms in total. The van der Waals surface area contributed by atoms with Crippen molar-refractivity contribution in [1.82, 2.24) is 0 Å². The van der Waals surface area contributed by atoms with E-state index in [9.17, 15) is 23.3 Å². The van der Waals surface area contributed by atoms with Crippen molar-refractivity contribution in [2.24, 2.45) is 0 Å². The molecule has 0 saturated carbocycles. The third kappa shape index (κ3) is 4.97.